The molecule has 0 atom stereocenters. The van der Waals surface area contributed by atoms with Crippen LogP contribution >= 0.6 is 0 Å². The standard InChI is InChI=1S/C40H33N7O8/c41-24-26-4-14-35-34(21-26)29(25-45(35)40(50)28-7-11-32(12-8-28)47(53)54)3-1-2-16-43-17-19-44(20-18-43)33-13-15-36-30(22-33)23-37(55-36)39(49)42-38(48)27-5-9-31(10-6-27)46(51)52/h4-15,21-23,25H,1-3,16-20H2,(H,42,48,49). The van der Waals surface area contributed by atoms with Crippen molar-refractivity contribution in [2.75, 3.05) is 37.6 Å². The number of nitro groups is 2. The number of nitrogens with one attached hydrogen (secondary N) is 1. The number of anilines is 1. The topological polar surface area (TPSA) is 198 Å². The van der Waals surface area contributed by atoms with Gasteiger partial charge in [-0.2, -0.15) is 5.26 Å². The maximum absolute atomic E-state index is 13.4. The zero-order valence-electron chi connectivity index (χ0n) is 29.3. The largest absolute Gasteiger partial charge is 0.451 e. The highest BCUT2D eigenvalue weighted by atomic mass is 16.6. The number of benzene rings is 4. The van der Waals surface area contributed by atoms with E-state index in [-0.39, 0.29) is 28.6 Å². The van der Waals surface area contributed by atoms with E-state index in [1.807, 2.05) is 18.3 Å². The first-order valence-electron chi connectivity index (χ1n) is 17.5. The Balaban J connectivity index is 0.921. The van der Waals surface area contributed by atoms with Crippen molar-refractivity contribution in [3.8, 4) is 6.07 Å². The van der Waals surface area contributed by atoms with Gasteiger partial charge in [-0.3, -0.25) is 49.4 Å². The third-order valence-electron chi connectivity index (χ3n) is 9.76. The number of nitro benzene ring substituents is 2. The van der Waals surface area contributed by atoms with Gasteiger partial charge in [0, 0.05) is 84.2 Å². The molecule has 0 saturated carbocycles. The second-order valence-electron chi connectivity index (χ2n) is 13.2. The van der Waals surface area contributed by atoms with Crippen molar-refractivity contribution in [2.45, 2.75) is 19.3 Å². The number of non-ortho nitro benzene ring substituents is 2. The van der Waals surface area contributed by atoms with Gasteiger partial charge in [0.1, 0.15) is 5.58 Å². The van der Waals surface area contributed by atoms with Crippen LogP contribution in [0.2, 0.25) is 0 Å². The number of hydrogen-bond donors (Lipinski definition) is 1. The number of amides is 2. The Labute approximate surface area is 313 Å². The van der Waals surface area contributed by atoms with Crippen molar-refractivity contribution < 1.29 is 28.6 Å². The summed E-state index contributed by atoms with van der Waals surface area (Å²) in [4.78, 5) is 64.3. The first-order valence-corrected chi connectivity index (χ1v) is 17.5. The Bertz CT molecular complexity index is 2510. The van der Waals surface area contributed by atoms with Gasteiger partial charge in [-0.1, -0.05) is 0 Å². The number of nitrogens with zero attached hydrogens (tertiary/aromatic N) is 6. The Hall–Kier alpha value is -7.18. The molecule has 1 fully saturated rings. The predicted molar refractivity (Wildman–Crippen MR) is 202 cm³/mol. The van der Waals surface area contributed by atoms with Crippen LogP contribution in [0.3, 0.4) is 0 Å². The summed E-state index contributed by atoms with van der Waals surface area (Å²) in [5.74, 6) is -1.75. The fourth-order valence-electron chi connectivity index (χ4n) is 6.79. The first kappa shape index (κ1) is 36.2. The molecule has 0 unspecified atom stereocenters. The third-order valence-corrected chi connectivity index (χ3v) is 9.76. The van der Waals surface area contributed by atoms with E-state index in [1.54, 1.807) is 34.9 Å². The fourth-order valence-corrected chi connectivity index (χ4v) is 6.79. The van der Waals surface area contributed by atoms with Crippen molar-refractivity contribution in [1.82, 2.24) is 14.8 Å². The second-order valence-corrected chi connectivity index (χ2v) is 13.2. The van der Waals surface area contributed by atoms with Gasteiger partial charge in [0.15, 0.2) is 5.76 Å². The lowest BCUT2D eigenvalue weighted by Crippen LogP contribution is -2.46. The first-order chi connectivity index (χ1) is 26.6. The summed E-state index contributed by atoms with van der Waals surface area (Å²) >= 11 is 0. The monoisotopic (exact) mass is 739 g/mol. The number of nitriles is 1. The molecule has 276 valence electrons. The molecule has 0 radical (unpaired) electrons. The minimum absolute atomic E-state index is 0.0293. The molecule has 55 heavy (non-hydrogen) atoms. The van der Waals surface area contributed by atoms with E-state index < -0.39 is 21.7 Å². The van der Waals surface area contributed by atoms with Crippen molar-refractivity contribution in [1.29, 1.82) is 5.26 Å². The average molecular weight is 740 g/mol. The number of rotatable bonds is 11. The van der Waals surface area contributed by atoms with Crippen molar-refractivity contribution >= 4 is 56.7 Å². The number of carbonyl (C=O) groups is 3. The second kappa shape index (κ2) is 15.4. The lowest BCUT2D eigenvalue weighted by Gasteiger charge is -2.36. The summed E-state index contributed by atoms with van der Waals surface area (Å²) in [6.07, 6.45) is 4.32. The van der Waals surface area contributed by atoms with E-state index >= 15 is 0 Å². The summed E-state index contributed by atoms with van der Waals surface area (Å²) in [5.41, 5.74) is 3.79. The van der Waals surface area contributed by atoms with Crippen LogP contribution < -0.4 is 10.2 Å². The minimum atomic E-state index is -0.719. The molecule has 1 saturated heterocycles. The van der Waals surface area contributed by atoms with Crippen molar-refractivity contribution in [3.05, 3.63) is 145 Å². The van der Waals surface area contributed by atoms with Gasteiger partial charge in [0.05, 0.1) is 27.0 Å². The number of piperazine rings is 1. The molecule has 0 spiro atoms. The molecule has 3 heterocycles. The molecule has 2 aromatic heterocycles. The molecule has 1 aliphatic rings. The van der Waals surface area contributed by atoms with Gasteiger partial charge < -0.3 is 9.32 Å². The summed E-state index contributed by atoms with van der Waals surface area (Å²) in [6.45, 7) is 4.22. The number of carbonyl (C=O) groups excluding carboxylic acids is 3. The SMILES string of the molecule is N#Cc1ccc2c(c1)c(CCCCN1CCN(c3ccc4oc(C(=O)NC(=O)c5ccc([N+](=O)[O-])cc5)cc4c3)CC1)cn2C(=O)c1ccc([N+](=O)[O-])cc1. The fraction of sp³-hybridized carbons (Fsp3) is 0.200. The normalized spacial score (nSPS) is 13.1. The van der Waals surface area contributed by atoms with E-state index in [0.717, 1.165) is 62.2 Å². The molecule has 15 heteroatoms. The number of hydrogen-bond acceptors (Lipinski definition) is 11. The number of unbranched alkanes of at least 4 members (excludes halogenated alkanes) is 1. The van der Waals surface area contributed by atoms with E-state index in [0.29, 0.717) is 34.0 Å². The van der Waals surface area contributed by atoms with Crippen molar-refractivity contribution in [3.63, 3.8) is 0 Å². The molecule has 0 aliphatic carbocycles. The highest BCUT2D eigenvalue weighted by molar-refractivity contribution is 6.10. The number of aromatic nitrogens is 1. The third kappa shape index (κ3) is 7.80. The van der Waals surface area contributed by atoms with Gasteiger partial charge in [0.25, 0.3) is 29.1 Å². The molecule has 4 aromatic carbocycles. The Morgan fingerprint density at radius 2 is 1.45 bits per heavy atom. The molecule has 1 N–H and O–H groups in total. The Morgan fingerprint density at radius 3 is 2.11 bits per heavy atom. The van der Waals surface area contributed by atoms with Crippen LogP contribution in [-0.2, 0) is 6.42 Å². The zero-order valence-corrected chi connectivity index (χ0v) is 29.3. The van der Waals surface area contributed by atoms with E-state index in [4.69, 9.17) is 4.42 Å². The number of furan rings is 1. The summed E-state index contributed by atoms with van der Waals surface area (Å²) in [7, 11) is 0. The smallest absolute Gasteiger partial charge is 0.293 e. The van der Waals surface area contributed by atoms with Gasteiger partial charge in [-0.15, -0.1) is 0 Å². The molecule has 2 amide bonds. The van der Waals surface area contributed by atoms with E-state index in [1.165, 1.54) is 48.5 Å². The Kier molecular flexibility index (Phi) is 10.2. The maximum Gasteiger partial charge on any atom is 0.293 e. The van der Waals surface area contributed by atoms with E-state index in [2.05, 4.69) is 21.2 Å². The molecular formula is C40H33N7O8. The lowest BCUT2D eigenvalue weighted by atomic mass is 10.0. The molecule has 7 rings (SSSR count). The van der Waals surface area contributed by atoms with Crippen LogP contribution in [0.4, 0.5) is 17.1 Å². The van der Waals surface area contributed by atoms with Crippen LogP contribution in [0.1, 0.15) is 55.2 Å². The lowest BCUT2D eigenvalue weighted by molar-refractivity contribution is -0.385. The van der Waals surface area contributed by atoms with Crippen LogP contribution in [0.5, 0.6) is 0 Å². The summed E-state index contributed by atoms with van der Waals surface area (Å²) in [5, 5.41) is 35.3. The summed E-state index contributed by atoms with van der Waals surface area (Å²) in [6, 6.07) is 25.1. The molecule has 6 aromatic rings. The highest BCUT2D eigenvalue weighted by Crippen LogP contribution is 2.28. The molecular weight excluding hydrogens is 706 g/mol. The molecule has 1 aliphatic heterocycles. The minimum Gasteiger partial charge on any atom is -0.451 e. The van der Waals surface area contributed by atoms with E-state index in [9.17, 15) is 39.9 Å². The van der Waals surface area contributed by atoms with Crippen LogP contribution in [0.25, 0.3) is 21.9 Å². The number of fused-ring (bicyclic) bond motifs is 2. The number of aryl methyl sites for hydroxylation is 1. The van der Waals surface area contributed by atoms with Crippen LogP contribution in [-0.4, -0.2) is 69.8 Å². The predicted octanol–water partition coefficient (Wildman–Crippen LogP) is 6.48. The summed E-state index contributed by atoms with van der Waals surface area (Å²) < 4.78 is 7.26. The average Bonchev–Trinajstić information content (AvgIpc) is 3.80. The highest BCUT2D eigenvalue weighted by Gasteiger charge is 2.21. The Morgan fingerprint density at radius 1 is 0.782 bits per heavy atom. The van der Waals surface area contributed by atoms with Crippen LogP contribution in [0, 0.1) is 31.6 Å². The van der Waals surface area contributed by atoms with Gasteiger partial charge in [0.2, 0.25) is 0 Å². The molecule has 0 bridgehead atoms. The molecule has 15 nitrogen and oxygen atoms in total. The van der Waals surface area contributed by atoms with Crippen molar-refractivity contribution in [2.24, 2.45) is 0 Å². The maximum atomic E-state index is 13.4. The van der Waals surface area contributed by atoms with Crippen LogP contribution in [0.15, 0.2) is 102 Å². The zero-order chi connectivity index (χ0) is 38.6. The van der Waals surface area contributed by atoms with Gasteiger partial charge >= 0.3 is 0 Å². The number of imide groups is 1. The quantitative estimate of drug-likeness (QED) is 0.0660. The van der Waals surface area contributed by atoms with Gasteiger partial charge in [-0.25, -0.2) is 0 Å². The van der Waals surface area contributed by atoms with Gasteiger partial charge in [-0.05, 0) is 98.1 Å².